The van der Waals surface area contributed by atoms with Crippen molar-refractivity contribution in [3.8, 4) is 0 Å². The molecule has 0 bridgehead atoms. The number of benzene rings is 1. The van der Waals surface area contributed by atoms with Crippen LogP contribution >= 0.6 is 0 Å². The Bertz CT molecular complexity index is 602. The van der Waals surface area contributed by atoms with E-state index in [0.29, 0.717) is 11.4 Å². The molecule has 2 aliphatic rings. The van der Waals surface area contributed by atoms with Gasteiger partial charge in [0.2, 0.25) is 10.0 Å². The Morgan fingerprint density at radius 2 is 1.95 bits per heavy atom. The summed E-state index contributed by atoms with van der Waals surface area (Å²) in [6.45, 7) is 2.60. The molecule has 1 atom stereocenters. The van der Waals surface area contributed by atoms with Crippen molar-refractivity contribution in [3.63, 3.8) is 0 Å². The summed E-state index contributed by atoms with van der Waals surface area (Å²) >= 11 is 0. The molecule has 19 heavy (non-hydrogen) atoms. The molecule has 0 radical (unpaired) electrons. The number of sulfonamides is 1. The van der Waals surface area contributed by atoms with Crippen molar-refractivity contribution < 1.29 is 8.42 Å². The zero-order valence-electron chi connectivity index (χ0n) is 11.2. The monoisotopic (exact) mass is 277 g/mol. The third-order valence-corrected chi connectivity index (χ3v) is 6.03. The number of aryl methyl sites for hydroxylation is 1. The topological polar surface area (TPSA) is 37.4 Å². The molecule has 0 spiro atoms. The van der Waals surface area contributed by atoms with E-state index >= 15 is 0 Å². The van der Waals surface area contributed by atoms with Crippen molar-refractivity contribution in [2.45, 2.75) is 43.5 Å². The van der Waals surface area contributed by atoms with Crippen molar-refractivity contribution in [2.75, 3.05) is 6.54 Å². The Labute approximate surface area is 115 Å². The SMILES string of the molecule is Cc1ccc(S(=O)(=O)N2CCC3=CCCC[C@H]32)cc1. The number of fused-ring (bicyclic) bond motifs is 1. The van der Waals surface area contributed by atoms with Crippen LogP contribution in [-0.4, -0.2) is 25.3 Å². The lowest BCUT2D eigenvalue weighted by Gasteiger charge is -2.26. The van der Waals surface area contributed by atoms with Gasteiger partial charge >= 0.3 is 0 Å². The Balaban J connectivity index is 1.95. The van der Waals surface area contributed by atoms with Crippen LogP contribution in [0.5, 0.6) is 0 Å². The van der Waals surface area contributed by atoms with Gasteiger partial charge in [0.05, 0.1) is 4.90 Å². The summed E-state index contributed by atoms with van der Waals surface area (Å²) in [5, 5.41) is 0. The van der Waals surface area contributed by atoms with Gasteiger partial charge in [-0.3, -0.25) is 0 Å². The molecule has 1 aliphatic carbocycles. The predicted molar refractivity (Wildman–Crippen MR) is 75.4 cm³/mol. The van der Waals surface area contributed by atoms with Gasteiger partial charge in [0, 0.05) is 12.6 Å². The molecule has 1 aromatic rings. The van der Waals surface area contributed by atoms with E-state index in [1.165, 1.54) is 5.57 Å². The lowest BCUT2D eigenvalue weighted by Crippen LogP contribution is -2.36. The highest BCUT2D eigenvalue weighted by atomic mass is 32.2. The maximum Gasteiger partial charge on any atom is 0.243 e. The zero-order chi connectivity index (χ0) is 13.5. The van der Waals surface area contributed by atoms with Crippen LogP contribution in [0.1, 0.15) is 31.2 Å². The van der Waals surface area contributed by atoms with E-state index in [0.717, 1.165) is 31.2 Å². The standard InChI is InChI=1S/C15H19NO2S/c1-12-6-8-14(9-7-12)19(17,18)16-11-10-13-4-2-3-5-15(13)16/h4,6-9,15H,2-3,5,10-11H2,1H3/t15-/m1/s1. The fraction of sp³-hybridized carbons (Fsp3) is 0.467. The zero-order valence-corrected chi connectivity index (χ0v) is 12.0. The molecule has 0 aromatic heterocycles. The van der Waals surface area contributed by atoms with Crippen molar-refractivity contribution in [3.05, 3.63) is 41.5 Å². The maximum atomic E-state index is 12.7. The lowest BCUT2D eigenvalue weighted by molar-refractivity contribution is 0.380. The summed E-state index contributed by atoms with van der Waals surface area (Å²) in [5.41, 5.74) is 2.40. The molecule has 0 N–H and O–H groups in total. The van der Waals surface area contributed by atoms with E-state index in [-0.39, 0.29) is 6.04 Å². The van der Waals surface area contributed by atoms with Gasteiger partial charge in [-0.15, -0.1) is 0 Å². The Hall–Kier alpha value is -1.13. The maximum absolute atomic E-state index is 12.7. The van der Waals surface area contributed by atoms with E-state index in [1.54, 1.807) is 16.4 Å². The first kappa shape index (κ1) is 12.9. The molecule has 1 saturated heterocycles. The summed E-state index contributed by atoms with van der Waals surface area (Å²) in [6.07, 6.45) is 6.30. The largest absolute Gasteiger partial charge is 0.243 e. The Kier molecular flexibility index (Phi) is 3.23. The molecule has 0 amide bonds. The minimum absolute atomic E-state index is 0.111. The van der Waals surface area contributed by atoms with E-state index in [9.17, 15) is 8.42 Å². The Morgan fingerprint density at radius 1 is 1.21 bits per heavy atom. The van der Waals surface area contributed by atoms with Crippen LogP contribution in [0.2, 0.25) is 0 Å². The third kappa shape index (κ3) is 2.23. The minimum Gasteiger partial charge on any atom is -0.207 e. The van der Waals surface area contributed by atoms with Gasteiger partial charge in [-0.05, 0) is 44.7 Å². The van der Waals surface area contributed by atoms with E-state index in [1.807, 2.05) is 19.1 Å². The van der Waals surface area contributed by atoms with E-state index in [2.05, 4.69) is 6.08 Å². The summed E-state index contributed by atoms with van der Waals surface area (Å²) in [5.74, 6) is 0. The fourth-order valence-corrected chi connectivity index (χ4v) is 4.70. The van der Waals surface area contributed by atoms with Crippen molar-refractivity contribution in [1.29, 1.82) is 0 Å². The average molecular weight is 277 g/mol. The van der Waals surface area contributed by atoms with E-state index in [4.69, 9.17) is 0 Å². The number of rotatable bonds is 2. The van der Waals surface area contributed by atoms with Gasteiger partial charge in [0.15, 0.2) is 0 Å². The Morgan fingerprint density at radius 3 is 2.68 bits per heavy atom. The molecule has 102 valence electrons. The van der Waals surface area contributed by atoms with E-state index < -0.39 is 10.0 Å². The number of hydrogen-bond donors (Lipinski definition) is 0. The van der Waals surface area contributed by atoms with Crippen molar-refractivity contribution >= 4 is 10.0 Å². The smallest absolute Gasteiger partial charge is 0.207 e. The van der Waals surface area contributed by atoms with Crippen molar-refractivity contribution in [1.82, 2.24) is 4.31 Å². The van der Waals surface area contributed by atoms with Crippen LogP contribution in [0.3, 0.4) is 0 Å². The predicted octanol–water partition coefficient (Wildman–Crippen LogP) is 2.87. The molecular formula is C15H19NO2S. The molecular weight excluding hydrogens is 258 g/mol. The number of hydrogen-bond acceptors (Lipinski definition) is 2. The van der Waals surface area contributed by atoms with Crippen LogP contribution in [-0.2, 0) is 10.0 Å². The molecule has 0 unspecified atom stereocenters. The quantitative estimate of drug-likeness (QED) is 0.780. The summed E-state index contributed by atoms with van der Waals surface area (Å²) < 4.78 is 27.1. The molecule has 3 nitrogen and oxygen atoms in total. The first-order valence-corrected chi connectivity index (χ1v) is 8.30. The fourth-order valence-electron chi connectivity index (χ4n) is 3.05. The van der Waals surface area contributed by atoms with Gasteiger partial charge in [-0.25, -0.2) is 8.42 Å². The molecule has 1 heterocycles. The van der Waals surface area contributed by atoms with Crippen molar-refractivity contribution in [2.24, 2.45) is 0 Å². The van der Waals surface area contributed by atoms with Crippen LogP contribution in [0.15, 0.2) is 40.8 Å². The second-order valence-electron chi connectivity index (χ2n) is 5.40. The normalized spacial score (nSPS) is 24.1. The molecule has 1 aliphatic heterocycles. The van der Waals surface area contributed by atoms with Gasteiger partial charge < -0.3 is 0 Å². The first-order valence-electron chi connectivity index (χ1n) is 6.86. The van der Waals surface area contributed by atoms with Gasteiger partial charge in [-0.1, -0.05) is 29.3 Å². The van der Waals surface area contributed by atoms with Gasteiger partial charge in [0.1, 0.15) is 0 Å². The molecule has 0 saturated carbocycles. The number of nitrogens with zero attached hydrogens (tertiary/aromatic N) is 1. The average Bonchev–Trinajstić information content (AvgIpc) is 2.83. The molecule has 1 aromatic carbocycles. The summed E-state index contributed by atoms with van der Waals surface area (Å²) in [6, 6.07) is 7.27. The van der Waals surface area contributed by atoms with Crippen LogP contribution in [0.4, 0.5) is 0 Å². The molecule has 3 rings (SSSR count). The highest BCUT2D eigenvalue weighted by Gasteiger charge is 2.38. The van der Waals surface area contributed by atoms with Crippen LogP contribution < -0.4 is 0 Å². The second-order valence-corrected chi connectivity index (χ2v) is 7.30. The minimum atomic E-state index is -3.33. The van der Waals surface area contributed by atoms with Gasteiger partial charge in [-0.2, -0.15) is 4.31 Å². The summed E-state index contributed by atoms with van der Waals surface area (Å²) in [4.78, 5) is 0.421. The lowest BCUT2D eigenvalue weighted by atomic mass is 9.96. The summed E-state index contributed by atoms with van der Waals surface area (Å²) in [7, 11) is -3.33. The molecule has 1 fully saturated rings. The van der Waals surface area contributed by atoms with Crippen LogP contribution in [0.25, 0.3) is 0 Å². The van der Waals surface area contributed by atoms with Crippen LogP contribution in [0, 0.1) is 6.92 Å². The highest BCUT2D eigenvalue weighted by molar-refractivity contribution is 7.89. The third-order valence-electron chi connectivity index (χ3n) is 4.11. The van der Waals surface area contributed by atoms with Gasteiger partial charge in [0.25, 0.3) is 0 Å². The second kappa shape index (κ2) is 4.76. The first-order chi connectivity index (χ1) is 9.09. The number of allylic oxidation sites excluding steroid dienone is 1. The highest BCUT2D eigenvalue weighted by Crippen LogP contribution is 2.35. The molecule has 4 heteroatoms.